The first-order valence-corrected chi connectivity index (χ1v) is 11.1. The Morgan fingerprint density at radius 2 is 1.86 bits per heavy atom. The van der Waals surface area contributed by atoms with Gasteiger partial charge in [0, 0.05) is 23.3 Å². The molecule has 2 aliphatic heterocycles. The van der Waals surface area contributed by atoms with E-state index >= 15 is 0 Å². The largest absolute Gasteiger partial charge is 0.397 e. The molecule has 2 heterocycles. The van der Waals surface area contributed by atoms with Gasteiger partial charge in [0.2, 0.25) is 0 Å². The number of nitrogen functional groups attached to an aromatic ring is 1. The molecule has 2 N–H and O–H groups in total. The van der Waals surface area contributed by atoms with Crippen LogP contribution in [0.5, 0.6) is 0 Å². The maximum Gasteiger partial charge on any atom is 0.0674 e. The number of likely N-dealkylation sites (tertiary alicyclic amines) is 1. The van der Waals surface area contributed by atoms with Crippen molar-refractivity contribution in [2.24, 2.45) is 0 Å². The van der Waals surface area contributed by atoms with Gasteiger partial charge in [0.1, 0.15) is 0 Å². The summed E-state index contributed by atoms with van der Waals surface area (Å²) in [4.78, 5) is 4.92. The monoisotopic (exact) mass is 439 g/mol. The molecule has 148 valence electrons. The third-order valence-electron chi connectivity index (χ3n) is 6.18. The van der Waals surface area contributed by atoms with Gasteiger partial charge < -0.3 is 10.6 Å². The van der Waals surface area contributed by atoms with Crippen molar-refractivity contribution < 1.29 is 0 Å². The van der Waals surface area contributed by atoms with Crippen LogP contribution in [0.2, 0.25) is 0 Å². The smallest absolute Gasteiger partial charge is 0.0674 e. The van der Waals surface area contributed by atoms with E-state index in [1.54, 1.807) is 0 Å². The van der Waals surface area contributed by atoms with Crippen molar-refractivity contribution in [2.75, 3.05) is 36.8 Å². The average molecular weight is 440 g/mol. The van der Waals surface area contributed by atoms with Crippen LogP contribution >= 0.6 is 15.9 Å². The van der Waals surface area contributed by atoms with E-state index < -0.39 is 0 Å². The van der Waals surface area contributed by atoms with Gasteiger partial charge in [-0.2, -0.15) is 0 Å². The van der Waals surface area contributed by atoms with Crippen molar-refractivity contribution in [3.63, 3.8) is 0 Å². The van der Waals surface area contributed by atoms with E-state index in [1.165, 1.54) is 47.3 Å². The van der Waals surface area contributed by atoms with Crippen LogP contribution in [0.1, 0.15) is 41.9 Å². The first kappa shape index (κ1) is 19.5. The summed E-state index contributed by atoms with van der Waals surface area (Å²) in [5.74, 6) is 0.673. The minimum atomic E-state index is 0.673. The summed E-state index contributed by atoms with van der Waals surface area (Å²) < 4.78 is 1.15. The van der Waals surface area contributed by atoms with Crippen LogP contribution in [0.3, 0.4) is 0 Å². The average Bonchev–Trinajstić information content (AvgIpc) is 2.68. The zero-order chi connectivity index (χ0) is 19.7. The highest BCUT2D eigenvalue weighted by molar-refractivity contribution is 9.10. The van der Waals surface area contributed by atoms with Crippen LogP contribution < -0.4 is 10.6 Å². The second kappa shape index (κ2) is 8.30. The van der Waals surface area contributed by atoms with Crippen LogP contribution in [-0.2, 0) is 6.42 Å². The predicted octanol–water partition coefficient (Wildman–Crippen LogP) is 5.49. The highest BCUT2D eigenvalue weighted by atomic mass is 79.9. The molecular formula is C24H30BrN3. The van der Waals surface area contributed by atoms with Gasteiger partial charge in [-0.05, 0) is 86.5 Å². The third kappa shape index (κ3) is 4.13. The number of hydrogen-bond acceptors (Lipinski definition) is 3. The number of nitrogens with zero attached hydrogens (tertiary/aromatic N) is 2. The molecule has 0 aromatic heterocycles. The van der Waals surface area contributed by atoms with E-state index in [0.29, 0.717) is 5.92 Å². The molecule has 0 saturated carbocycles. The van der Waals surface area contributed by atoms with E-state index in [-0.39, 0.29) is 0 Å². The van der Waals surface area contributed by atoms with E-state index in [1.807, 2.05) is 0 Å². The maximum absolute atomic E-state index is 6.40. The zero-order valence-corrected chi connectivity index (χ0v) is 18.3. The van der Waals surface area contributed by atoms with Crippen molar-refractivity contribution >= 4 is 27.3 Å². The Bertz CT molecular complexity index is 851. The lowest BCUT2D eigenvalue weighted by Gasteiger charge is -2.38. The molecule has 3 nitrogen and oxygen atoms in total. The Morgan fingerprint density at radius 1 is 1.14 bits per heavy atom. The summed E-state index contributed by atoms with van der Waals surface area (Å²) in [6.07, 6.45) is 4.71. The molecule has 1 saturated heterocycles. The van der Waals surface area contributed by atoms with Gasteiger partial charge >= 0.3 is 0 Å². The van der Waals surface area contributed by atoms with Crippen molar-refractivity contribution in [1.29, 1.82) is 0 Å². The van der Waals surface area contributed by atoms with E-state index in [9.17, 15) is 0 Å². The van der Waals surface area contributed by atoms with Crippen molar-refractivity contribution in [3.05, 3.63) is 69.8 Å². The minimum Gasteiger partial charge on any atom is -0.397 e. The van der Waals surface area contributed by atoms with Gasteiger partial charge in [-0.3, -0.25) is 4.90 Å². The summed E-state index contributed by atoms with van der Waals surface area (Å²) in [7, 11) is 0. The number of aryl methyl sites for hydroxylation is 2. The molecule has 28 heavy (non-hydrogen) atoms. The van der Waals surface area contributed by atoms with Gasteiger partial charge in [0.25, 0.3) is 0 Å². The number of rotatable bonds is 4. The zero-order valence-electron chi connectivity index (χ0n) is 16.8. The van der Waals surface area contributed by atoms with Crippen LogP contribution in [0.25, 0.3) is 0 Å². The van der Waals surface area contributed by atoms with Gasteiger partial charge in [0.15, 0.2) is 0 Å². The van der Waals surface area contributed by atoms with Gasteiger partial charge in [-0.15, -0.1) is 0 Å². The van der Waals surface area contributed by atoms with Crippen molar-refractivity contribution in [2.45, 2.75) is 38.5 Å². The van der Waals surface area contributed by atoms with Gasteiger partial charge in [-0.1, -0.05) is 40.7 Å². The molecule has 1 fully saturated rings. The molecule has 2 aromatic rings. The number of hydrogen-bond donors (Lipinski definition) is 1. The molecule has 2 aliphatic rings. The Kier molecular flexibility index (Phi) is 5.79. The van der Waals surface area contributed by atoms with Crippen LogP contribution in [-0.4, -0.2) is 31.1 Å². The Morgan fingerprint density at radius 3 is 2.57 bits per heavy atom. The molecule has 0 atom stereocenters. The summed E-state index contributed by atoms with van der Waals surface area (Å²) >= 11 is 3.53. The molecule has 0 amide bonds. The number of benzene rings is 2. The molecular weight excluding hydrogens is 410 g/mol. The number of anilines is 2. The van der Waals surface area contributed by atoms with Crippen molar-refractivity contribution in [1.82, 2.24) is 4.90 Å². The fraction of sp³-hybridized carbons (Fsp3) is 0.417. The lowest BCUT2D eigenvalue weighted by Crippen LogP contribution is -2.39. The second-order valence-electron chi connectivity index (χ2n) is 8.29. The van der Waals surface area contributed by atoms with Gasteiger partial charge in [0.05, 0.1) is 11.4 Å². The molecule has 4 heteroatoms. The number of piperidine rings is 1. The normalized spacial score (nSPS) is 18.1. The quantitative estimate of drug-likeness (QED) is 0.639. The summed E-state index contributed by atoms with van der Waals surface area (Å²) in [5, 5.41) is 0. The molecule has 0 radical (unpaired) electrons. The maximum atomic E-state index is 6.40. The van der Waals surface area contributed by atoms with Gasteiger partial charge in [-0.25, -0.2) is 0 Å². The fourth-order valence-electron chi connectivity index (χ4n) is 4.76. The van der Waals surface area contributed by atoms with E-state index in [2.05, 4.69) is 75.6 Å². The molecule has 0 spiro atoms. The molecule has 0 unspecified atom stereocenters. The van der Waals surface area contributed by atoms with Crippen LogP contribution in [0.15, 0.2) is 53.1 Å². The highest BCUT2D eigenvalue weighted by Crippen LogP contribution is 2.36. The standard InChI is InChI=1S/C24H30BrN3/c1-17-14-21-4-3-11-28(24(21)23(26)15-17)18(2)16-27-12-9-20(10-13-27)19-5-7-22(25)8-6-19/h5-8,14-15,20H,2-4,9-13,16,26H2,1H3. The van der Waals surface area contributed by atoms with Crippen LogP contribution in [0, 0.1) is 6.92 Å². The first-order chi connectivity index (χ1) is 13.5. The second-order valence-corrected chi connectivity index (χ2v) is 9.20. The predicted molar refractivity (Wildman–Crippen MR) is 123 cm³/mol. The van der Waals surface area contributed by atoms with E-state index in [0.717, 1.165) is 42.8 Å². The Balaban J connectivity index is 1.39. The molecule has 2 aromatic carbocycles. The fourth-order valence-corrected chi connectivity index (χ4v) is 5.03. The summed E-state index contributed by atoms with van der Waals surface area (Å²) in [5.41, 5.74) is 13.8. The number of nitrogens with two attached hydrogens (primary N) is 1. The Labute approximate surface area is 177 Å². The summed E-state index contributed by atoms with van der Waals surface area (Å²) in [6, 6.07) is 13.2. The number of fused-ring (bicyclic) bond motifs is 1. The van der Waals surface area contributed by atoms with Crippen LogP contribution in [0.4, 0.5) is 11.4 Å². The lowest BCUT2D eigenvalue weighted by atomic mass is 9.89. The topological polar surface area (TPSA) is 32.5 Å². The minimum absolute atomic E-state index is 0.673. The van der Waals surface area contributed by atoms with Crippen molar-refractivity contribution in [3.8, 4) is 0 Å². The first-order valence-electron chi connectivity index (χ1n) is 10.3. The Hall–Kier alpha value is -1.78. The number of halogens is 1. The third-order valence-corrected chi connectivity index (χ3v) is 6.71. The molecule has 0 aliphatic carbocycles. The van der Waals surface area contributed by atoms with E-state index in [4.69, 9.17) is 5.73 Å². The molecule has 4 rings (SSSR count). The lowest BCUT2D eigenvalue weighted by molar-refractivity contribution is 0.227. The highest BCUT2D eigenvalue weighted by Gasteiger charge is 2.25. The molecule has 0 bridgehead atoms. The summed E-state index contributed by atoms with van der Waals surface area (Å²) in [6.45, 7) is 10.8. The SMILES string of the molecule is C=C(CN1CCC(c2ccc(Br)cc2)CC1)N1CCCc2cc(C)cc(N)c21.